The Morgan fingerprint density at radius 3 is 2.10 bits per heavy atom. The van der Waals surface area contributed by atoms with Gasteiger partial charge in [0.15, 0.2) is 0 Å². The number of hydrogen-bond donors (Lipinski definition) is 1. The predicted octanol–water partition coefficient (Wildman–Crippen LogP) is 4.04. The van der Waals surface area contributed by atoms with Crippen LogP contribution in [0, 0.1) is 17.3 Å². The normalized spacial score (nSPS) is 40.8. The molecule has 0 amide bonds. The first-order chi connectivity index (χ1) is 9.34. The van der Waals surface area contributed by atoms with E-state index in [9.17, 15) is 0 Å². The van der Waals surface area contributed by atoms with Crippen molar-refractivity contribution in [1.82, 2.24) is 4.90 Å². The molecule has 0 aromatic heterocycles. The molecule has 20 heavy (non-hydrogen) atoms. The fourth-order valence-electron chi connectivity index (χ4n) is 4.73. The van der Waals surface area contributed by atoms with E-state index in [0.29, 0.717) is 5.41 Å². The molecule has 2 heteroatoms. The summed E-state index contributed by atoms with van der Waals surface area (Å²) in [5.41, 5.74) is 6.56. The monoisotopic (exact) mass is 280 g/mol. The van der Waals surface area contributed by atoms with Crippen molar-refractivity contribution in [2.75, 3.05) is 6.54 Å². The van der Waals surface area contributed by atoms with Crippen LogP contribution in [-0.2, 0) is 0 Å². The minimum absolute atomic E-state index is 0.445. The van der Waals surface area contributed by atoms with Crippen molar-refractivity contribution in [3.8, 4) is 0 Å². The molecule has 1 aliphatic heterocycles. The summed E-state index contributed by atoms with van der Waals surface area (Å²) in [4.78, 5) is 2.85. The van der Waals surface area contributed by atoms with Gasteiger partial charge in [-0.1, -0.05) is 27.2 Å². The van der Waals surface area contributed by atoms with E-state index in [2.05, 4.69) is 39.5 Å². The molecule has 0 aromatic rings. The van der Waals surface area contributed by atoms with Crippen LogP contribution in [0.15, 0.2) is 0 Å². The van der Waals surface area contributed by atoms with Crippen LogP contribution in [-0.4, -0.2) is 29.6 Å². The number of likely N-dealkylation sites (tertiary alicyclic amines) is 1. The molecule has 0 radical (unpaired) electrons. The average molecular weight is 280 g/mol. The molecule has 1 saturated carbocycles. The van der Waals surface area contributed by atoms with Crippen LogP contribution in [0.5, 0.6) is 0 Å². The molecule has 1 aliphatic carbocycles. The highest BCUT2D eigenvalue weighted by atomic mass is 15.2. The molecule has 0 bridgehead atoms. The highest BCUT2D eigenvalue weighted by molar-refractivity contribution is 4.95. The van der Waals surface area contributed by atoms with Gasteiger partial charge in [-0.15, -0.1) is 0 Å². The lowest BCUT2D eigenvalue weighted by Gasteiger charge is -2.51. The van der Waals surface area contributed by atoms with Gasteiger partial charge < -0.3 is 5.73 Å². The van der Waals surface area contributed by atoms with Crippen molar-refractivity contribution in [2.24, 2.45) is 23.0 Å². The van der Waals surface area contributed by atoms with Crippen molar-refractivity contribution >= 4 is 0 Å². The number of nitrogens with two attached hydrogens (primary N) is 1. The second kappa shape index (κ2) is 6.36. The Bertz CT molecular complexity index is 297. The van der Waals surface area contributed by atoms with Crippen molar-refractivity contribution < 1.29 is 0 Å². The third kappa shape index (κ3) is 3.39. The summed E-state index contributed by atoms with van der Waals surface area (Å²) < 4.78 is 0. The summed E-state index contributed by atoms with van der Waals surface area (Å²) >= 11 is 0. The predicted molar refractivity (Wildman–Crippen MR) is 87.7 cm³/mol. The summed E-state index contributed by atoms with van der Waals surface area (Å²) in [6, 6.07) is 2.22. The molecular weight excluding hydrogens is 244 g/mol. The topological polar surface area (TPSA) is 29.3 Å². The molecule has 2 nitrogen and oxygen atoms in total. The lowest BCUT2D eigenvalue weighted by molar-refractivity contribution is -0.0182. The number of nitrogens with zero attached hydrogens (tertiary/aromatic N) is 1. The maximum atomic E-state index is 6.12. The summed E-state index contributed by atoms with van der Waals surface area (Å²) in [6.45, 7) is 13.0. The van der Waals surface area contributed by atoms with Gasteiger partial charge in [-0.2, -0.15) is 0 Å². The standard InChI is InChI=1S/C18H36N2/c1-13-7-6-8-14(2)20(13)17-11-16(18(3,4)5)10-9-15(17)12-19/h13-17H,6-12,19H2,1-5H3. The van der Waals surface area contributed by atoms with Crippen molar-refractivity contribution in [3.05, 3.63) is 0 Å². The van der Waals surface area contributed by atoms with Crippen molar-refractivity contribution in [1.29, 1.82) is 0 Å². The molecule has 5 unspecified atom stereocenters. The third-order valence-electron chi connectivity index (χ3n) is 6.13. The van der Waals surface area contributed by atoms with Gasteiger partial charge in [0.1, 0.15) is 0 Å². The molecule has 1 heterocycles. The Morgan fingerprint density at radius 2 is 1.60 bits per heavy atom. The SMILES string of the molecule is CC1CCCC(C)N1C1CC(C(C)(C)C)CCC1CN. The van der Waals surface area contributed by atoms with Gasteiger partial charge >= 0.3 is 0 Å². The molecule has 5 atom stereocenters. The largest absolute Gasteiger partial charge is 0.330 e. The molecule has 118 valence electrons. The Labute approximate surface area is 126 Å². The molecule has 2 fully saturated rings. The average Bonchev–Trinajstić information content (AvgIpc) is 2.37. The van der Waals surface area contributed by atoms with E-state index in [1.54, 1.807) is 0 Å². The van der Waals surface area contributed by atoms with E-state index in [0.717, 1.165) is 36.5 Å². The first-order valence-corrected chi connectivity index (χ1v) is 8.82. The number of rotatable bonds is 2. The van der Waals surface area contributed by atoms with Gasteiger partial charge in [-0.3, -0.25) is 4.90 Å². The Hall–Kier alpha value is -0.0800. The van der Waals surface area contributed by atoms with Crippen LogP contribution in [0.3, 0.4) is 0 Å². The Morgan fingerprint density at radius 1 is 1.00 bits per heavy atom. The second-order valence-electron chi connectivity index (χ2n) is 8.52. The highest BCUT2D eigenvalue weighted by Gasteiger charge is 2.41. The maximum absolute atomic E-state index is 6.12. The molecule has 1 saturated heterocycles. The molecule has 0 aromatic carbocycles. The molecule has 2 rings (SSSR count). The number of hydrogen-bond acceptors (Lipinski definition) is 2. The Kier molecular flexibility index (Phi) is 5.18. The molecular formula is C18H36N2. The quantitative estimate of drug-likeness (QED) is 0.827. The van der Waals surface area contributed by atoms with Gasteiger partial charge in [-0.25, -0.2) is 0 Å². The zero-order valence-electron chi connectivity index (χ0n) is 14.4. The van der Waals surface area contributed by atoms with Crippen molar-refractivity contribution in [2.45, 2.75) is 91.3 Å². The minimum atomic E-state index is 0.445. The van der Waals surface area contributed by atoms with E-state index in [4.69, 9.17) is 5.73 Å². The van der Waals surface area contributed by atoms with Gasteiger partial charge in [-0.05, 0) is 69.7 Å². The van der Waals surface area contributed by atoms with E-state index in [-0.39, 0.29) is 0 Å². The molecule has 2 aliphatic rings. The van der Waals surface area contributed by atoms with Gasteiger partial charge in [0, 0.05) is 18.1 Å². The second-order valence-corrected chi connectivity index (χ2v) is 8.52. The maximum Gasteiger partial charge on any atom is 0.0144 e. The van der Waals surface area contributed by atoms with Gasteiger partial charge in [0.25, 0.3) is 0 Å². The van der Waals surface area contributed by atoms with Crippen LogP contribution in [0.2, 0.25) is 0 Å². The van der Waals surface area contributed by atoms with Crippen LogP contribution >= 0.6 is 0 Å². The van der Waals surface area contributed by atoms with Crippen LogP contribution in [0.1, 0.15) is 73.1 Å². The minimum Gasteiger partial charge on any atom is -0.330 e. The van der Waals surface area contributed by atoms with E-state index < -0.39 is 0 Å². The summed E-state index contributed by atoms with van der Waals surface area (Å²) in [5, 5.41) is 0. The summed E-state index contributed by atoms with van der Waals surface area (Å²) in [6.07, 6.45) is 8.22. The smallest absolute Gasteiger partial charge is 0.0144 e. The van der Waals surface area contributed by atoms with Crippen LogP contribution < -0.4 is 5.73 Å². The van der Waals surface area contributed by atoms with Gasteiger partial charge in [0.05, 0.1) is 0 Å². The first kappa shape index (κ1) is 16.3. The van der Waals surface area contributed by atoms with Crippen LogP contribution in [0.25, 0.3) is 0 Å². The molecule has 2 N–H and O–H groups in total. The zero-order chi connectivity index (χ0) is 14.9. The zero-order valence-corrected chi connectivity index (χ0v) is 14.4. The van der Waals surface area contributed by atoms with E-state index in [1.165, 1.54) is 38.5 Å². The lowest BCUT2D eigenvalue weighted by Crippen LogP contribution is -2.56. The van der Waals surface area contributed by atoms with Gasteiger partial charge in [0.2, 0.25) is 0 Å². The summed E-state index contributed by atoms with van der Waals surface area (Å²) in [5.74, 6) is 1.58. The van der Waals surface area contributed by atoms with Crippen molar-refractivity contribution in [3.63, 3.8) is 0 Å². The van der Waals surface area contributed by atoms with E-state index in [1.807, 2.05) is 0 Å². The highest BCUT2D eigenvalue weighted by Crippen LogP contribution is 2.43. The van der Waals surface area contributed by atoms with Crippen LogP contribution in [0.4, 0.5) is 0 Å². The fraction of sp³-hybridized carbons (Fsp3) is 1.00. The Balaban J connectivity index is 2.15. The van der Waals surface area contributed by atoms with E-state index >= 15 is 0 Å². The lowest BCUT2D eigenvalue weighted by atomic mass is 9.67. The number of piperidine rings is 1. The third-order valence-corrected chi connectivity index (χ3v) is 6.13. The molecule has 0 spiro atoms. The first-order valence-electron chi connectivity index (χ1n) is 8.82. The summed E-state index contributed by atoms with van der Waals surface area (Å²) in [7, 11) is 0. The fourth-order valence-corrected chi connectivity index (χ4v) is 4.73.